The Bertz CT molecular complexity index is 610. The summed E-state index contributed by atoms with van der Waals surface area (Å²) in [4.78, 5) is 16.8. The molecule has 5 nitrogen and oxygen atoms in total. The molecule has 1 unspecified atom stereocenters. The molecule has 3 rings (SSSR count). The van der Waals surface area contributed by atoms with Gasteiger partial charge < -0.3 is 4.74 Å². The van der Waals surface area contributed by atoms with Crippen LogP contribution in [0.4, 0.5) is 0 Å². The summed E-state index contributed by atoms with van der Waals surface area (Å²) in [5.74, 6) is 0.188. The minimum absolute atomic E-state index is 0.0207. The monoisotopic (exact) mass is 255 g/mol. The number of methoxy groups -OCH3 is 1. The van der Waals surface area contributed by atoms with E-state index in [1.54, 1.807) is 18.3 Å². The molecule has 0 radical (unpaired) electrons. The van der Waals surface area contributed by atoms with E-state index in [-0.39, 0.29) is 11.7 Å². The van der Waals surface area contributed by atoms with Crippen LogP contribution < -0.4 is 4.74 Å². The second-order valence-corrected chi connectivity index (χ2v) is 4.46. The lowest BCUT2D eigenvalue weighted by Crippen LogP contribution is -2.13. The van der Waals surface area contributed by atoms with Gasteiger partial charge in [0.25, 0.3) is 0 Å². The molecule has 0 fully saturated rings. The first kappa shape index (κ1) is 11.8. The van der Waals surface area contributed by atoms with Gasteiger partial charge in [-0.2, -0.15) is 0 Å². The fourth-order valence-electron chi connectivity index (χ4n) is 2.41. The van der Waals surface area contributed by atoms with Crippen LogP contribution in [-0.2, 0) is 6.42 Å². The molecule has 19 heavy (non-hydrogen) atoms. The van der Waals surface area contributed by atoms with Crippen molar-refractivity contribution in [1.82, 2.24) is 15.2 Å². The number of hydrogen-bond acceptors (Lipinski definition) is 5. The summed E-state index contributed by atoms with van der Waals surface area (Å²) in [6.45, 7) is 0. The highest BCUT2D eigenvalue weighted by atomic mass is 16.5. The van der Waals surface area contributed by atoms with Gasteiger partial charge in [0.2, 0.25) is 5.88 Å². The fourth-order valence-corrected chi connectivity index (χ4v) is 2.41. The number of nitrogens with zero attached hydrogens (tertiary/aromatic N) is 3. The molecule has 0 aromatic carbocycles. The third-order valence-electron chi connectivity index (χ3n) is 3.38. The molecule has 1 aliphatic carbocycles. The molecule has 1 aliphatic rings. The van der Waals surface area contributed by atoms with E-state index in [0.29, 0.717) is 11.6 Å². The highest BCUT2D eigenvalue weighted by Crippen LogP contribution is 2.33. The lowest BCUT2D eigenvalue weighted by molar-refractivity contribution is 0.0952. The number of aromatic nitrogens is 3. The number of Topliss-reactive ketones (excluding diaryl/α,β-unsaturated/α-hetero) is 1. The predicted molar refractivity (Wildman–Crippen MR) is 68.2 cm³/mol. The second-order valence-electron chi connectivity index (χ2n) is 4.46. The molecule has 2 aromatic rings. The molecule has 5 heteroatoms. The summed E-state index contributed by atoms with van der Waals surface area (Å²) >= 11 is 0. The molecular formula is C14H13N3O2. The van der Waals surface area contributed by atoms with E-state index in [1.165, 1.54) is 7.11 Å². The number of fused-ring (bicyclic) bond motifs is 1. The van der Waals surface area contributed by atoms with Crippen LogP contribution in [0.15, 0.2) is 30.5 Å². The molecule has 0 saturated carbocycles. The molecule has 96 valence electrons. The van der Waals surface area contributed by atoms with Gasteiger partial charge in [-0.25, -0.2) is 0 Å². The van der Waals surface area contributed by atoms with Gasteiger partial charge >= 0.3 is 0 Å². The van der Waals surface area contributed by atoms with Gasteiger partial charge in [0, 0.05) is 12.3 Å². The molecule has 2 heterocycles. The standard InChI is InChI=1S/C14H13N3O2/c1-19-12-7-6-11(16-17-12)14(18)10-5-4-9-3-2-8-15-13(9)10/h2-3,6-8,10H,4-5H2,1H3. The summed E-state index contributed by atoms with van der Waals surface area (Å²) in [7, 11) is 1.52. The van der Waals surface area contributed by atoms with Crippen molar-refractivity contribution < 1.29 is 9.53 Å². The summed E-state index contributed by atoms with van der Waals surface area (Å²) in [6.07, 6.45) is 3.41. The number of pyridine rings is 1. The van der Waals surface area contributed by atoms with Crippen LogP contribution in [-0.4, -0.2) is 28.1 Å². The third-order valence-corrected chi connectivity index (χ3v) is 3.38. The number of ether oxygens (including phenoxy) is 1. The van der Waals surface area contributed by atoms with E-state index < -0.39 is 0 Å². The Kier molecular flexibility index (Phi) is 2.95. The van der Waals surface area contributed by atoms with Crippen LogP contribution >= 0.6 is 0 Å². The van der Waals surface area contributed by atoms with Crippen LogP contribution in [0.25, 0.3) is 0 Å². The van der Waals surface area contributed by atoms with E-state index in [1.807, 2.05) is 12.1 Å². The predicted octanol–water partition coefficient (Wildman–Crippen LogP) is 1.79. The van der Waals surface area contributed by atoms with Crippen molar-refractivity contribution in [2.45, 2.75) is 18.8 Å². The van der Waals surface area contributed by atoms with Gasteiger partial charge in [-0.15, -0.1) is 10.2 Å². The summed E-state index contributed by atoms with van der Waals surface area (Å²) in [6, 6.07) is 7.22. The topological polar surface area (TPSA) is 65.0 Å². The lowest BCUT2D eigenvalue weighted by atomic mass is 9.99. The quantitative estimate of drug-likeness (QED) is 0.782. The van der Waals surface area contributed by atoms with Crippen molar-refractivity contribution in [3.05, 3.63) is 47.4 Å². The minimum Gasteiger partial charge on any atom is -0.480 e. The zero-order chi connectivity index (χ0) is 13.2. The number of rotatable bonds is 3. The molecule has 0 aliphatic heterocycles. The summed E-state index contributed by atoms with van der Waals surface area (Å²) in [5.41, 5.74) is 2.40. The first-order valence-electron chi connectivity index (χ1n) is 6.15. The van der Waals surface area contributed by atoms with Crippen molar-refractivity contribution in [2.75, 3.05) is 7.11 Å². The third kappa shape index (κ3) is 2.07. The highest BCUT2D eigenvalue weighted by molar-refractivity contribution is 5.99. The van der Waals surface area contributed by atoms with Gasteiger partial charge in [-0.1, -0.05) is 6.07 Å². The largest absolute Gasteiger partial charge is 0.480 e. The van der Waals surface area contributed by atoms with E-state index in [9.17, 15) is 4.79 Å². The second kappa shape index (κ2) is 4.76. The van der Waals surface area contributed by atoms with Crippen LogP contribution in [0.5, 0.6) is 5.88 Å². The average Bonchev–Trinajstić information content (AvgIpc) is 2.90. The minimum atomic E-state index is -0.195. The summed E-state index contributed by atoms with van der Waals surface area (Å²) in [5, 5.41) is 7.75. The van der Waals surface area contributed by atoms with Crippen molar-refractivity contribution in [2.24, 2.45) is 0 Å². The van der Waals surface area contributed by atoms with Crippen molar-refractivity contribution in [3.8, 4) is 5.88 Å². The lowest BCUT2D eigenvalue weighted by Gasteiger charge is -2.08. The van der Waals surface area contributed by atoms with Crippen LogP contribution in [0.2, 0.25) is 0 Å². The first-order chi connectivity index (χ1) is 9.29. The molecule has 0 N–H and O–H groups in total. The fraction of sp³-hybridized carbons (Fsp3) is 0.286. The number of carbonyl (C=O) groups is 1. The maximum Gasteiger partial charge on any atom is 0.233 e. The Morgan fingerprint density at radius 3 is 2.95 bits per heavy atom. The Morgan fingerprint density at radius 1 is 1.32 bits per heavy atom. The van der Waals surface area contributed by atoms with E-state index in [2.05, 4.69) is 15.2 Å². The van der Waals surface area contributed by atoms with Crippen LogP contribution in [0.3, 0.4) is 0 Å². The maximum atomic E-state index is 12.4. The number of carbonyl (C=O) groups excluding carboxylic acids is 1. The molecule has 2 aromatic heterocycles. The van der Waals surface area contributed by atoms with Crippen molar-refractivity contribution >= 4 is 5.78 Å². The van der Waals surface area contributed by atoms with Gasteiger partial charge in [0.1, 0.15) is 5.69 Å². The highest BCUT2D eigenvalue weighted by Gasteiger charge is 2.31. The molecular weight excluding hydrogens is 242 g/mol. The zero-order valence-corrected chi connectivity index (χ0v) is 10.5. The van der Waals surface area contributed by atoms with Crippen LogP contribution in [0.1, 0.15) is 34.1 Å². The average molecular weight is 255 g/mol. The number of ketones is 1. The Balaban J connectivity index is 1.89. The molecule has 0 spiro atoms. The molecule has 1 atom stereocenters. The molecule has 0 saturated heterocycles. The zero-order valence-electron chi connectivity index (χ0n) is 10.5. The molecule has 0 amide bonds. The number of aryl methyl sites for hydroxylation is 1. The number of hydrogen-bond donors (Lipinski definition) is 0. The van der Waals surface area contributed by atoms with E-state index >= 15 is 0 Å². The Morgan fingerprint density at radius 2 is 2.21 bits per heavy atom. The van der Waals surface area contributed by atoms with Gasteiger partial charge in [0.15, 0.2) is 5.78 Å². The smallest absolute Gasteiger partial charge is 0.233 e. The summed E-state index contributed by atoms with van der Waals surface area (Å²) < 4.78 is 4.93. The normalized spacial score (nSPS) is 17.0. The molecule has 0 bridgehead atoms. The Hall–Kier alpha value is -2.30. The van der Waals surface area contributed by atoms with Gasteiger partial charge in [-0.05, 0) is 30.5 Å². The SMILES string of the molecule is COc1ccc(C(=O)C2CCc3cccnc32)nn1. The Labute approximate surface area is 110 Å². The van der Waals surface area contributed by atoms with Gasteiger partial charge in [0.05, 0.1) is 18.7 Å². The van der Waals surface area contributed by atoms with E-state index in [4.69, 9.17) is 4.74 Å². The van der Waals surface area contributed by atoms with E-state index in [0.717, 1.165) is 24.1 Å². The van der Waals surface area contributed by atoms with Crippen molar-refractivity contribution in [1.29, 1.82) is 0 Å². The van der Waals surface area contributed by atoms with Crippen LogP contribution in [0, 0.1) is 0 Å². The maximum absolute atomic E-state index is 12.4. The first-order valence-corrected chi connectivity index (χ1v) is 6.15. The van der Waals surface area contributed by atoms with Crippen molar-refractivity contribution in [3.63, 3.8) is 0 Å². The van der Waals surface area contributed by atoms with Gasteiger partial charge in [-0.3, -0.25) is 9.78 Å².